The first-order valence-corrected chi connectivity index (χ1v) is 12.3. The lowest BCUT2D eigenvalue weighted by molar-refractivity contribution is -0.140. The Kier molecular flexibility index (Phi) is 8.64. The minimum atomic E-state index is -1.12. The molecule has 1 saturated carbocycles. The number of alkyl halides is 1. The van der Waals surface area contributed by atoms with Crippen LogP contribution in [0.1, 0.15) is 49.7 Å². The van der Waals surface area contributed by atoms with Crippen LogP contribution >= 0.6 is 0 Å². The SMILES string of the molecule is CCOc1ccc(-c2ccc(OC(=O)C3CCC(c4ccc(C=C(F)CF)cc4)CC3)cc2)c(F)c1F. The van der Waals surface area contributed by atoms with E-state index < -0.39 is 24.1 Å². The van der Waals surface area contributed by atoms with Gasteiger partial charge in [0.1, 0.15) is 18.3 Å². The first-order chi connectivity index (χ1) is 17.9. The highest BCUT2D eigenvalue weighted by atomic mass is 19.2. The summed E-state index contributed by atoms with van der Waals surface area (Å²) in [6.45, 7) is 0.802. The molecule has 7 heteroatoms. The smallest absolute Gasteiger partial charge is 0.314 e. The summed E-state index contributed by atoms with van der Waals surface area (Å²) in [5, 5.41) is 0. The summed E-state index contributed by atoms with van der Waals surface area (Å²) in [6, 6.07) is 16.5. The second-order valence-corrected chi connectivity index (χ2v) is 9.06. The van der Waals surface area contributed by atoms with Crippen LogP contribution in [0.2, 0.25) is 0 Å². The highest BCUT2D eigenvalue weighted by Gasteiger charge is 2.28. The Morgan fingerprint density at radius 1 is 0.919 bits per heavy atom. The van der Waals surface area contributed by atoms with E-state index >= 15 is 0 Å². The van der Waals surface area contributed by atoms with E-state index in [9.17, 15) is 22.4 Å². The number of carbonyl (C=O) groups excluding carboxylic acids is 1. The van der Waals surface area contributed by atoms with E-state index in [0.717, 1.165) is 18.4 Å². The molecule has 3 nitrogen and oxygen atoms in total. The third kappa shape index (κ3) is 6.40. The van der Waals surface area contributed by atoms with Crippen molar-refractivity contribution in [1.29, 1.82) is 0 Å². The van der Waals surface area contributed by atoms with Gasteiger partial charge in [-0.1, -0.05) is 36.4 Å². The van der Waals surface area contributed by atoms with Crippen LogP contribution in [-0.4, -0.2) is 19.3 Å². The number of ether oxygens (including phenoxy) is 2. The highest BCUT2D eigenvalue weighted by Crippen LogP contribution is 2.37. The maximum Gasteiger partial charge on any atom is 0.314 e. The maximum atomic E-state index is 14.5. The van der Waals surface area contributed by atoms with Crippen LogP contribution in [0.5, 0.6) is 11.5 Å². The molecular formula is C30H28F4O3. The van der Waals surface area contributed by atoms with Gasteiger partial charge in [-0.15, -0.1) is 0 Å². The number of carbonyl (C=O) groups is 1. The van der Waals surface area contributed by atoms with E-state index in [1.807, 2.05) is 12.1 Å². The van der Waals surface area contributed by atoms with Gasteiger partial charge in [0, 0.05) is 5.56 Å². The molecule has 0 spiro atoms. The molecule has 4 rings (SSSR count). The van der Waals surface area contributed by atoms with Gasteiger partial charge in [-0.25, -0.2) is 13.2 Å². The first-order valence-electron chi connectivity index (χ1n) is 12.3. The minimum absolute atomic E-state index is 0.0914. The van der Waals surface area contributed by atoms with E-state index in [2.05, 4.69) is 0 Å². The van der Waals surface area contributed by atoms with Gasteiger partial charge in [-0.2, -0.15) is 4.39 Å². The lowest BCUT2D eigenvalue weighted by atomic mass is 9.78. The van der Waals surface area contributed by atoms with Crippen LogP contribution in [0, 0.1) is 17.6 Å². The van der Waals surface area contributed by atoms with Crippen molar-refractivity contribution in [3.63, 3.8) is 0 Å². The molecule has 3 aromatic carbocycles. The molecule has 0 atom stereocenters. The standard InChI is InChI=1S/C30H28F4O3/c1-2-36-27-16-15-26(28(33)29(27)34)22-11-13-25(14-12-22)37-30(35)23-9-7-21(8-10-23)20-5-3-19(4-6-20)17-24(32)18-31/h3-6,11-17,21,23H,2,7-10,18H2,1H3. The van der Waals surface area contributed by atoms with Gasteiger partial charge in [0.15, 0.2) is 11.6 Å². The van der Waals surface area contributed by atoms with E-state index in [1.165, 1.54) is 18.2 Å². The molecule has 0 amide bonds. The van der Waals surface area contributed by atoms with Gasteiger partial charge in [0.25, 0.3) is 0 Å². The second kappa shape index (κ2) is 12.1. The minimum Gasteiger partial charge on any atom is -0.491 e. The van der Waals surface area contributed by atoms with Gasteiger partial charge in [-0.3, -0.25) is 4.79 Å². The Morgan fingerprint density at radius 2 is 1.59 bits per heavy atom. The second-order valence-electron chi connectivity index (χ2n) is 9.06. The molecule has 37 heavy (non-hydrogen) atoms. The van der Waals surface area contributed by atoms with Crippen molar-refractivity contribution >= 4 is 12.0 Å². The van der Waals surface area contributed by atoms with Crippen molar-refractivity contribution in [3.8, 4) is 22.6 Å². The normalized spacial score (nSPS) is 17.9. The van der Waals surface area contributed by atoms with Gasteiger partial charge >= 0.3 is 5.97 Å². The van der Waals surface area contributed by atoms with E-state index in [-0.39, 0.29) is 35.7 Å². The van der Waals surface area contributed by atoms with E-state index in [1.54, 1.807) is 43.3 Å². The fourth-order valence-corrected chi connectivity index (χ4v) is 4.67. The average Bonchev–Trinajstić information content (AvgIpc) is 2.92. The Labute approximate surface area is 213 Å². The molecule has 1 fully saturated rings. The molecule has 0 radical (unpaired) electrons. The van der Waals surface area contributed by atoms with Crippen molar-refractivity contribution in [3.05, 3.63) is 89.3 Å². The fraction of sp³-hybridized carbons (Fsp3) is 0.300. The summed E-state index contributed by atoms with van der Waals surface area (Å²) in [7, 11) is 0. The topological polar surface area (TPSA) is 35.5 Å². The van der Waals surface area contributed by atoms with E-state index in [4.69, 9.17) is 9.47 Å². The quantitative estimate of drug-likeness (QED) is 0.173. The largest absolute Gasteiger partial charge is 0.491 e. The molecule has 0 aliphatic heterocycles. The monoisotopic (exact) mass is 512 g/mol. The van der Waals surface area contributed by atoms with Gasteiger partial charge in [0.2, 0.25) is 5.82 Å². The number of hydrogen-bond donors (Lipinski definition) is 0. The predicted octanol–water partition coefficient (Wildman–Crippen LogP) is 8.19. The zero-order chi connectivity index (χ0) is 26.4. The van der Waals surface area contributed by atoms with Crippen LogP contribution in [0.25, 0.3) is 17.2 Å². The lowest BCUT2D eigenvalue weighted by Gasteiger charge is -2.27. The zero-order valence-corrected chi connectivity index (χ0v) is 20.5. The molecule has 0 unspecified atom stereocenters. The summed E-state index contributed by atoms with van der Waals surface area (Å²) in [5.74, 6) is -2.89. The molecule has 0 N–H and O–H groups in total. The van der Waals surface area contributed by atoms with E-state index in [0.29, 0.717) is 29.7 Å². The van der Waals surface area contributed by atoms with Crippen molar-refractivity contribution in [1.82, 2.24) is 0 Å². The third-order valence-corrected chi connectivity index (χ3v) is 6.65. The molecule has 194 valence electrons. The maximum absolute atomic E-state index is 14.5. The number of allylic oxidation sites excluding steroid dienone is 1. The van der Waals surface area contributed by atoms with Crippen molar-refractivity contribution in [2.45, 2.75) is 38.5 Å². The number of benzene rings is 3. The number of esters is 1. The van der Waals surface area contributed by atoms with Crippen LogP contribution in [0.4, 0.5) is 17.6 Å². The van der Waals surface area contributed by atoms with Gasteiger partial charge < -0.3 is 9.47 Å². The Hall–Kier alpha value is -3.61. The van der Waals surface area contributed by atoms with Gasteiger partial charge in [0.05, 0.1) is 12.5 Å². The van der Waals surface area contributed by atoms with Crippen molar-refractivity contribution < 1.29 is 31.8 Å². The zero-order valence-electron chi connectivity index (χ0n) is 20.5. The summed E-state index contributed by atoms with van der Waals surface area (Å²) in [6.07, 6.45) is 4.16. The Balaban J connectivity index is 1.33. The Morgan fingerprint density at radius 3 is 2.22 bits per heavy atom. The van der Waals surface area contributed by atoms with Gasteiger partial charge in [-0.05, 0) is 85.6 Å². The molecule has 0 bridgehead atoms. The highest BCUT2D eigenvalue weighted by molar-refractivity contribution is 5.76. The number of rotatable bonds is 8. The molecule has 0 heterocycles. The molecule has 0 saturated heterocycles. The van der Waals surface area contributed by atoms with Crippen molar-refractivity contribution in [2.75, 3.05) is 13.3 Å². The summed E-state index contributed by atoms with van der Waals surface area (Å²) < 4.78 is 64.8. The molecule has 1 aliphatic rings. The number of hydrogen-bond acceptors (Lipinski definition) is 3. The lowest BCUT2D eigenvalue weighted by Crippen LogP contribution is -2.25. The average molecular weight is 513 g/mol. The first kappa shape index (κ1) is 26.5. The molecular weight excluding hydrogens is 484 g/mol. The Bertz CT molecular complexity index is 1250. The third-order valence-electron chi connectivity index (χ3n) is 6.65. The summed E-state index contributed by atoms with van der Waals surface area (Å²) in [4.78, 5) is 12.7. The fourth-order valence-electron chi connectivity index (χ4n) is 4.67. The molecule has 1 aliphatic carbocycles. The van der Waals surface area contributed by atoms with Crippen LogP contribution in [0.3, 0.4) is 0 Å². The van der Waals surface area contributed by atoms with Crippen molar-refractivity contribution in [2.24, 2.45) is 5.92 Å². The molecule has 0 aromatic heterocycles. The molecule has 3 aromatic rings. The van der Waals surface area contributed by atoms with Crippen LogP contribution < -0.4 is 9.47 Å². The van der Waals surface area contributed by atoms with Crippen LogP contribution in [0.15, 0.2) is 66.5 Å². The summed E-state index contributed by atoms with van der Waals surface area (Å²) >= 11 is 0. The summed E-state index contributed by atoms with van der Waals surface area (Å²) in [5.41, 5.74) is 2.26. The van der Waals surface area contributed by atoms with Crippen LogP contribution in [-0.2, 0) is 4.79 Å². The predicted molar refractivity (Wildman–Crippen MR) is 135 cm³/mol. The number of halogens is 4.